The van der Waals surface area contributed by atoms with Crippen LogP contribution >= 0.6 is 0 Å². The first-order valence-corrected chi connectivity index (χ1v) is 6.69. The Morgan fingerprint density at radius 1 is 1.37 bits per heavy atom. The van der Waals surface area contributed by atoms with Crippen molar-refractivity contribution in [1.29, 1.82) is 0 Å². The minimum atomic E-state index is -0.577. The molecule has 1 aromatic rings. The van der Waals surface area contributed by atoms with Crippen LogP contribution in [-0.4, -0.2) is 31.3 Å². The fourth-order valence-electron chi connectivity index (χ4n) is 2.40. The van der Waals surface area contributed by atoms with Crippen LogP contribution in [0.15, 0.2) is 30.3 Å². The van der Waals surface area contributed by atoms with Gasteiger partial charge in [-0.2, -0.15) is 0 Å². The van der Waals surface area contributed by atoms with Crippen molar-refractivity contribution in [2.75, 3.05) is 13.7 Å². The molecular formula is C15H21NO3. The maximum Gasteiger partial charge on any atom is 0.326 e. The van der Waals surface area contributed by atoms with Crippen molar-refractivity contribution in [3.63, 3.8) is 0 Å². The molecule has 0 atom stereocenters. The Balaban J connectivity index is 1.97. The summed E-state index contributed by atoms with van der Waals surface area (Å²) in [6.07, 6.45) is 1.50. The first kappa shape index (κ1) is 14.0. The van der Waals surface area contributed by atoms with Crippen LogP contribution in [0.5, 0.6) is 0 Å². The van der Waals surface area contributed by atoms with Crippen LogP contribution in [-0.2, 0) is 20.8 Å². The van der Waals surface area contributed by atoms with E-state index in [-0.39, 0.29) is 12.1 Å². The SMILES string of the molecule is CCOC(=O)C1(NCc2ccccc2)CC(OC)C1. The number of esters is 1. The van der Waals surface area contributed by atoms with E-state index >= 15 is 0 Å². The van der Waals surface area contributed by atoms with E-state index in [2.05, 4.69) is 5.32 Å². The van der Waals surface area contributed by atoms with Crippen molar-refractivity contribution >= 4 is 5.97 Å². The lowest BCUT2D eigenvalue weighted by Gasteiger charge is -2.45. The third kappa shape index (κ3) is 3.14. The van der Waals surface area contributed by atoms with Crippen LogP contribution in [0.4, 0.5) is 0 Å². The number of hydrogen-bond acceptors (Lipinski definition) is 4. The quantitative estimate of drug-likeness (QED) is 0.796. The Kier molecular flexibility index (Phi) is 4.56. The largest absolute Gasteiger partial charge is 0.465 e. The van der Waals surface area contributed by atoms with E-state index in [0.717, 1.165) is 5.56 Å². The molecule has 4 heteroatoms. The van der Waals surface area contributed by atoms with Crippen molar-refractivity contribution < 1.29 is 14.3 Å². The summed E-state index contributed by atoms with van der Waals surface area (Å²) < 4.78 is 10.4. The van der Waals surface area contributed by atoms with Gasteiger partial charge in [-0.3, -0.25) is 10.1 Å². The fourth-order valence-corrected chi connectivity index (χ4v) is 2.40. The Bertz CT molecular complexity index is 413. The smallest absolute Gasteiger partial charge is 0.326 e. The van der Waals surface area contributed by atoms with Gasteiger partial charge in [0.15, 0.2) is 0 Å². The van der Waals surface area contributed by atoms with Gasteiger partial charge in [-0.25, -0.2) is 0 Å². The molecule has 1 aliphatic carbocycles. The van der Waals surface area contributed by atoms with Gasteiger partial charge in [0.2, 0.25) is 0 Å². The molecule has 0 bridgehead atoms. The molecule has 0 heterocycles. The van der Waals surface area contributed by atoms with E-state index < -0.39 is 5.54 Å². The zero-order chi connectivity index (χ0) is 13.7. The molecule has 2 rings (SSSR count). The third-order valence-corrected chi connectivity index (χ3v) is 3.63. The van der Waals surface area contributed by atoms with Crippen LogP contribution in [0.2, 0.25) is 0 Å². The summed E-state index contributed by atoms with van der Waals surface area (Å²) in [6.45, 7) is 2.90. The molecule has 0 amide bonds. The zero-order valence-corrected chi connectivity index (χ0v) is 11.5. The Labute approximate surface area is 114 Å². The first-order chi connectivity index (χ1) is 9.20. The second kappa shape index (κ2) is 6.17. The molecule has 0 saturated heterocycles. The summed E-state index contributed by atoms with van der Waals surface area (Å²) in [7, 11) is 1.68. The lowest BCUT2D eigenvalue weighted by atomic mass is 9.74. The third-order valence-electron chi connectivity index (χ3n) is 3.63. The summed E-state index contributed by atoms with van der Waals surface area (Å²) in [5.41, 5.74) is 0.582. The highest BCUT2D eigenvalue weighted by Gasteiger charge is 2.51. The molecule has 4 nitrogen and oxygen atoms in total. The Morgan fingerprint density at radius 3 is 2.63 bits per heavy atom. The highest BCUT2D eigenvalue weighted by atomic mass is 16.5. The number of carbonyl (C=O) groups is 1. The molecule has 0 radical (unpaired) electrons. The molecule has 0 aliphatic heterocycles. The normalized spacial score (nSPS) is 25.7. The molecule has 104 valence electrons. The maximum absolute atomic E-state index is 12.1. The van der Waals surface area contributed by atoms with E-state index in [1.165, 1.54) is 0 Å². The highest BCUT2D eigenvalue weighted by Crippen LogP contribution is 2.35. The molecular weight excluding hydrogens is 242 g/mol. The van der Waals surface area contributed by atoms with Gasteiger partial charge in [0, 0.05) is 26.5 Å². The fraction of sp³-hybridized carbons (Fsp3) is 0.533. The monoisotopic (exact) mass is 263 g/mol. The molecule has 19 heavy (non-hydrogen) atoms. The summed E-state index contributed by atoms with van der Waals surface area (Å²) >= 11 is 0. The van der Waals surface area contributed by atoms with E-state index in [9.17, 15) is 4.79 Å². The van der Waals surface area contributed by atoms with Crippen molar-refractivity contribution in [3.8, 4) is 0 Å². The number of ether oxygens (including phenoxy) is 2. The van der Waals surface area contributed by atoms with Gasteiger partial charge in [0.1, 0.15) is 5.54 Å². The van der Waals surface area contributed by atoms with E-state index in [1.54, 1.807) is 7.11 Å². The number of benzene rings is 1. The molecule has 1 saturated carbocycles. The minimum Gasteiger partial charge on any atom is -0.465 e. The zero-order valence-electron chi connectivity index (χ0n) is 11.5. The summed E-state index contributed by atoms with van der Waals surface area (Å²) in [4.78, 5) is 12.1. The molecule has 0 unspecified atom stereocenters. The van der Waals surface area contributed by atoms with Crippen molar-refractivity contribution in [2.24, 2.45) is 0 Å². The average Bonchev–Trinajstić information content (AvgIpc) is 2.39. The number of methoxy groups -OCH3 is 1. The molecule has 1 fully saturated rings. The number of nitrogens with one attached hydrogen (secondary N) is 1. The van der Waals surface area contributed by atoms with Gasteiger partial charge in [0.25, 0.3) is 0 Å². The topological polar surface area (TPSA) is 47.6 Å². The second-order valence-corrected chi connectivity index (χ2v) is 4.91. The van der Waals surface area contributed by atoms with Gasteiger partial charge in [-0.15, -0.1) is 0 Å². The number of carbonyl (C=O) groups excluding carboxylic acids is 1. The van der Waals surface area contributed by atoms with Crippen molar-refractivity contribution in [1.82, 2.24) is 5.32 Å². The van der Waals surface area contributed by atoms with E-state index in [4.69, 9.17) is 9.47 Å². The lowest BCUT2D eigenvalue weighted by Crippen LogP contribution is -2.63. The van der Waals surface area contributed by atoms with Gasteiger partial charge < -0.3 is 9.47 Å². The predicted octanol–water partition coefficient (Wildman–Crippen LogP) is 1.89. The standard InChI is InChI=1S/C15H21NO3/c1-3-19-14(17)15(9-13(10-15)18-2)16-11-12-7-5-4-6-8-12/h4-8,13,16H,3,9-11H2,1-2H3. The van der Waals surface area contributed by atoms with Gasteiger partial charge in [-0.05, 0) is 12.5 Å². The molecule has 1 N–H and O–H groups in total. The van der Waals surface area contributed by atoms with Gasteiger partial charge in [0.05, 0.1) is 12.7 Å². The predicted molar refractivity (Wildman–Crippen MR) is 72.7 cm³/mol. The highest BCUT2D eigenvalue weighted by molar-refractivity contribution is 5.82. The summed E-state index contributed by atoms with van der Waals surface area (Å²) in [6, 6.07) is 10.0. The lowest BCUT2D eigenvalue weighted by molar-refractivity contribution is -0.162. The van der Waals surface area contributed by atoms with E-state index in [0.29, 0.717) is 26.0 Å². The van der Waals surface area contributed by atoms with Gasteiger partial charge >= 0.3 is 5.97 Å². The number of hydrogen-bond donors (Lipinski definition) is 1. The van der Waals surface area contributed by atoms with Crippen molar-refractivity contribution in [2.45, 2.75) is 38.0 Å². The van der Waals surface area contributed by atoms with Crippen LogP contribution in [0.1, 0.15) is 25.3 Å². The van der Waals surface area contributed by atoms with Gasteiger partial charge in [-0.1, -0.05) is 30.3 Å². The maximum atomic E-state index is 12.1. The van der Waals surface area contributed by atoms with Crippen LogP contribution in [0.3, 0.4) is 0 Å². The molecule has 1 aromatic carbocycles. The minimum absolute atomic E-state index is 0.146. The van der Waals surface area contributed by atoms with Crippen molar-refractivity contribution in [3.05, 3.63) is 35.9 Å². The second-order valence-electron chi connectivity index (χ2n) is 4.91. The molecule has 1 aliphatic rings. The Morgan fingerprint density at radius 2 is 2.05 bits per heavy atom. The van der Waals surface area contributed by atoms with Crippen LogP contribution in [0, 0.1) is 0 Å². The van der Waals surface area contributed by atoms with Crippen LogP contribution < -0.4 is 5.32 Å². The number of rotatable bonds is 6. The molecule has 0 aromatic heterocycles. The first-order valence-electron chi connectivity index (χ1n) is 6.69. The summed E-state index contributed by atoms with van der Waals surface area (Å²) in [5.74, 6) is -0.167. The van der Waals surface area contributed by atoms with E-state index in [1.807, 2.05) is 37.3 Å². The Hall–Kier alpha value is -1.39. The molecule has 0 spiro atoms. The average molecular weight is 263 g/mol. The summed E-state index contributed by atoms with van der Waals surface area (Å²) in [5, 5.41) is 3.34. The van der Waals surface area contributed by atoms with Crippen LogP contribution in [0.25, 0.3) is 0 Å².